The topological polar surface area (TPSA) is 97.6 Å². The van der Waals surface area contributed by atoms with Crippen molar-refractivity contribution in [2.24, 2.45) is 0 Å². The van der Waals surface area contributed by atoms with E-state index in [1.807, 2.05) is 30.3 Å². The molecule has 0 fully saturated rings. The standard InChI is InChI=1S/C19H16N2O5S/c1-20(18-9-5-7-13-6-3-4-8-17(13)18)19(22)14-10-15(21(23)24)12-16(11-14)27(2,25)26/h3-12H,1-2H3. The lowest BCUT2D eigenvalue weighted by molar-refractivity contribution is -0.385. The molecule has 0 saturated carbocycles. The van der Waals surface area contributed by atoms with Crippen LogP contribution in [0.4, 0.5) is 11.4 Å². The Morgan fingerprint density at radius 1 is 1.04 bits per heavy atom. The number of hydrogen-bond acceptors (Lipinski definition) is 5. The van der Waals surface area contributed by atoms with E-state index in [-0.39, 0.29) is 10.5 Å². The van der Waals surface area contributed by atoms with Crippen LogP contribution in [0, 0.1) is 10.1 Å². The van der Waals surface area contributed by atoms with Gasteiger partial charge in [0.1, 0.15) is 0 Å². The van der Waals surface area contributed by atoms with Gasteiger partial charge in [-0.2, -0.15) is 0 Å². The van der Waals surface area contributed by atoms with Gasteiger partial charge in [-0.1, -0.05) is 36.4 Å². The molecule has 0 aliphatic rings. The zero-order chi connectivity index (χ0) is 19.8. The predicted octanol–water partition coefficient (Wildman–Crippen LogP) is 3.43. The second-order valence-corrected chi connectivity index (χ2v) is 8.12. The number of nitrogens with zero attached hydrogens (tertiary/aromatic N) is 2. The summed E-state index contributed by atoms with van der Waals surface area (Å²) < 4.78 is 23.7. The van der Waals surface area contributed by atoms with Crippen LogP contribution in [0.3, 0.4) is 0 Å². The highest BCUT2D eigenvalue weighted by Gasteiger charge is 2.22. The number of rotatable bonds is 4. The van der Waals surface area contributed by atoms with E-state index >= 15 is 0 Å². The summed E-state index contributed by atoms with van der Waals surface area (Å²) in [5.74, 6) is -0.542. The van der Waals surface area contributed by atoms with E-state index in [9.17, 15) is 23.3 Å². The molecule has 0 spiro atoms. The van der Waals surface area contributed by atoms with E-state index in [1.54, 1.807) is 19.2 Å². The highest BCUT2D eigenvalue weighted by Crippen LogP contribution is 2.28. The quantitative estimate of drug-likeness (QED) is 0.507. The number of carbonyl (C=O) groups is 1. The molecule has 0 aliphatic carbocycles. The molecule has 1 amide bonds. The highest BCUT2D eigenvalue weighted by atomic mass is 32.2. The normalized spacial score (nSPS) is 11.3. The van der Waals surface area contributed by atoms with Crippen molar-refractivity contribution < 1.29 is 18.1 Å². The number of amides is 1. The fourth-order valence-electron chi connectivity index (χ4n) is 2.83. The van der Waals surface area contributed by atoms with Crippen LogP contribution in [-0.4, -0.2) is 32.6 Å². The Balaban J connectivity index is 2.12. The van der Waals surface area contributed by atoms with Gasteiger partial charge < -0.3 is 4.90 Å². The number of benzene rings is 3. The van der Waals surface area contributed by atoms with Crippen LogP contribution in [0.1, 0.15) is 10.4 Å². The van der Waals surface area contributed by atoms with Crippen molar-refractivity contribution in [3.05, 3.63) is 76.3 Å². The largest absolute Gasteiger partial charge is 0.311 e. The third kappa shape index (κ3) is 3.65. The average molecular weight is 384 g/mol. The van der Waals surface area contributed by atoms with Crippen LogP contribution in [-0.2, 0) is 9.84 Å². The maximum atomic E-state index is 13.0. The third-order valence-corrected chi connectivity index (χ3v) is 5.30. The maximum absolute atomic E-state index is 13.0. The summed E-state index contributed by atoms with van der Waals surface area (Å²) in [4.78, 5) is 24.5. The van der Waals surface area contributed by atoms with Gasteiger partial charge in [0, 0.05) is 36.4 Å². The summed E-state index contributed by atoms with van der Waals surface area (Å²) in [5.41, 5.74) is 0.0955. The Hall–Kier alpha value is -3.26. The molecule has 3 rings (SSSR count). The van der Waals surface area contributed by atoms with Crippen molar-refractivity contribution >= 4 is 37.9 Å². The van der Waals surface area contributed by atoms with Gasteiger partial charge in [-0.05, 0) is 17.5 Å². The van der Waals surface area contributed by atoms with Crippen LogP contribution in [0.25, 0.3) is 10.8 Å². The maximum Gasteiger partial charge on any atom is 0.271 e. The summed E-state index contributed by atoms with van der Waals surface area (Å²) in [6.45, 7) is 0. The lowest BCUT2D eigenvalue weighted by atomic mass is 10.1. The van der Waals surface area contributed by atoms with Crippen molar-refractivity contribution in [1.82, 2.24) is 0 Å². The van der Waals surface area contributed by atoms with Crippen molar-refractivity contribution in [1.29, 1.82) is 0 Å². The van der Waals surface area contributed by atoms with Crippen molar-refractivity contribution in [3.63, 3.8) is 0 Å². The molecule has 0 heterocycles. The van der Waals surface area contributed by atoms with Crippen LogP contribution >= 0.6 is 0 Å². The van der Waals surface area contributed by atoms with E-state index in [0.717, 1.165) is 35.2 Å². The van der Waals surface area contributed by atoms with Crippen LogP contribution in [0.15, 0.2) is 65.6 Å². The van der Waals surface area contributed by atoms with Crippen LogP contribution < -0.4 is 4.90 Å². The van der Waals surface area contributed by atoms with Gasteiger partial charge in [-0.3, -0.25) is 14.9 Å². The molecule has 0 aliphatic heterocycles. The minimum atomic E-state index is -3.72. The van der Waals surface area contributed by atoms with Gasteiger partial charge >= 0.3 is 0 Å². The fraction of sp³-hybridized carbons (Fsp3) is 0.105. The monoisotopic (exact) mass is 384 g/mol. The van der Waals surface area contributed by atoms with Gasteiger partial charge in [-0.25, -0.2) is 8.42 Å². The minimum Gasteiger partial charge on any atom is -0.311 e. The number of fused-ring (bicyclic) bond motifs is 1. The predicted molar refractivity (Wildman–Crippen MR) is 103 cm³/mol. The smallest absolute Gasteiger partial charge is 0.271 e. The summed E-state index contributed by atoms with van der Waals surface area (Å²) in [6.07, 6.45) is 0.939. The summed E-state index contributed by atoms with van der Waals surface area (Å²) in [5, 5.41) is 12.9. The Bertz CT molecular complexity index is 1170. The first kappa shape index (κ1) is 18.5. The molecule has 8 heteroatoms. The van der Waals surface area contributed by atoms with E-state index < -0.39 is 26.4 Å². The van der Waals surface area contributed by atoms with E-state index in [0.29, 0.717) is 5.69 Å². The number of non-ortho nitro benzene ring substituents is 1. The van der Waals surface area contributed by atoms with Gasteiger partial charge in [0.25, 0.3) is 11.6 Å². The molecule has 0 N–H and O–H groups in total. The zero-order valence-corrected chi connectivity index (χ0v) is 15.4. The second-order valence-electron chi connectivity index (χ2n) is 6.11. The Morgan fingerprint density at radius 3 is 2.37 bits per heavy atom. The molecule has 0 unspecified atom stereocenters. The molecule has 0 saturated heterocycles. The molecule has 27 heavy (non-hydrogen) atoms. The summed E-state index contributed by atoms with van der Waals surface area (Å²) >= 11 is 0. The van der Waals surface area contributed by atoms with Gasteiger partial charge in [0.15, 0.2) is 9.84 Å². The van der Waals surface area contributed by atoms with Crippen LogP contribution in [0.2, 0.25) is 0 Å². The van der Waals surface area contributed by atoms with Gasteiger partial charge in [0.05, 0.1) is 15.5 Å². The van der Waals surface area contributed by atoms with Gasteiger partial charge in [-0.15, -0.1) is 0 Å². The third-order valence-electron chi connectivity index (χ3n) is 4.21. The summed E-state index contributed by atoms with van der Waals surface area (Å²) in [7, 11) is -2.17. The first-order valence-electron chi connectivity index (χ1n) is 7.94. The lowest BCUT2D eigenvalue weighted by Gasteiger charge is -2.19. The highest BCUT2D eigenvalue weighted by molar-refractivity contribution is 7.90. The Kier molecular flexibility index (Phi) is 4.67. The SMILES string of the molecule is CN(C(=O)c1cc([N+](=O)[O-])cc(S(C)(=O)=O)c1)c1cccc2ccccc12. The molecule has 3 aromatic carbocycles. The number of nitro groups is 1. The van der Waals surface area contributed by atoms with E-state index in [1.165, 1.54) is 4.90 Å². The average Bonchev–Trinajstić information content (AvgIpc) is 2.65. The second kappa shape index (κ2) is 6.81. The molecule has 0 atom stereocenters. The van der Waals surface area contributed by atoms with Crippen molar-refractivity contribution in [3.8, 4) is 0 Å². The minimum absolute atomic E-state index is 0.0694. The first-order chi connectivity index (χ1) is 12.7. The zero-order valence-electron chi connectivity index (χ0n) is 14.6. The molecule has 3 aromatic rings. The number of nitro benzene ring substituents is 1. The van der Waals surface area contributed by atoms with Gasteiger partial charge in [0.2, 0.25) is 0 Å². The molecule has 0 aromatic heterocycles. The van der Waals surface area contributed by atoms with Crippen LogP contribution in [0.5, 0.6) is 0 Å². The lowest BCUT2D eigenvalue weighted by Crippen LogP contribution is -2.26. The Labute approximate surface area is 155 Å². The van der Waals surface area contributed by atoms with E-state index in [4.69, 9.17) is 0 Å². The molecular formula is C19H16N2O5S. The molecular weight excluding hydrogens is 368 g/mol. The fourth-order valence-corrected chi connectivity index (χ4v) is 3.51. The Morgan fingerprint density at radius 2 is 1.70 bits per heavy atom. The van der Waals surface area contributed by atoms with Crippen molar-refractivity contribution in [2.75, 3.05) is 18.2 Å². The molecule has 0 radical (unpaired) electrons. The molecule has 138 valence electrons. The molecule has 0 bridgehead atoms. The number of sulfone groups is 1. The van der Waals surface area contributed by atoms with E-state index in [2.05, 4.69) is 0 Å². The first-order valence-corrected chi connectivity index (χ1v) is 9.83. The number of anilines is 1. The van der Waals surface area contributed by atoms with Crippen molar-refractivity contribution in [2.45, 2.75) is 4.90 Å². The molecule has 7 nitrogen and oxygen atoms in total. The number of carbonyl (C=O) groups excluding carboxylic acids is 1. The summed E-state index contributed by atoms with van der Waals surface area (Å²) in [6, 6.07) is 16.2. The number of hydrogen-bond donors (Lipinski definition) is 0.